The SMILES string of the molecule is CCNC(=NCC1(CO)CC1)NCCSc1ccc(Cl)cc1. The first kappa shape index (κ1) is 17.4. The Morgan fingerprint density at radius 1 is 1.32 bits per heavy atom. The molecule has 1 fully saturated rings. The zero-order valence-electron chi connectivity index (χ0n) is 12.9. The zero-order chi connectivity index (χ0) is 15.8. The predicted octanol–water partition coefficient (Wildman–Crippen LogP) is 2.76. The summed E-state index contributed by atoms with van der Waals surface area (Å²) in [5.41, 5.74) is 0.0560. The van der Waals surface area contributed by atoms with Gasteiger partial charge in [-0.25, -0.2) is 0 Å². The van der Waals surface area contributed by atoms with Crippen molar-refractivity contribution in [2.75, 3.05) is 32.0 Å². The number of aliphatic hydroxyl groups is 1. The van der Waals surface area contributed by atoms with E-state index in [1.165, 1.54) is 4.90 Å². The summed E-state index contributed by atoms with van der Waals surface area (Å²) in [6.45, 7) is 4.66. The molecular formula is C16H24ClN3OS. The fraction of sp³-hybridized carbons (Fsp3) is 0.562. The van der Waals surface area contributed by atoms with Gasteiger partial charge in [0, 0.05) is 34.2 Å². The molecule has 6 heteroatoms. The van der Waals surface area contributed by atoms with Crippen LogP contribution in [-0.4, -0.2) is 43.1 Å². The molecule has 2 rings (SSSR count). The Hall–Kier alpha value is -0.910. The maximum Gasteiger partial charge on any atom is 0.191 e. The van der Waals surface area contributed by atoms with Crippen molar-refractivity contribution in [2.24, 2.45) is 10.4 Å². The first-order valence-corrected chi connectivity index (χ1v) is 9.05. The standard InChI is InChI=1S/C16H24ClN3OS/c1-2-18-15(20-11-16(12-21)7-8-16)19-9-10-22-14-5-3-13(17)4-6-14/h3-6,21H,2,7-12H2,1H3,(H2,18,19,20). The number of benzene rings is 1. The van der Waals surface area contributed by atoms with Crippen molar-refractivity contribution in [2.45, 2.75) is 24.7 Å². The van der Waals surface area contributed by atoms with Crippen molar-refractivity contribution in [3.8, 4) is 0 Å². The summed E-state index contributed by atoms with van der Waals surface area (Å²) < 4.78 is 0. The molecule has 0 atom stereocenters. The third-order valence-electron chi connectivity index (χ3n) is 3.69. The Balaban J connectivity index is 1.72. The Bertz CT molecular complexity index is 489. The highest BCUT2D eigenvalue weighted by Crippen LogP contribution is 2.45. The molecular weight excluding hydrogens is 318 g/mol. The number of thioether (sulfide) groups is 1. The van der Waals surface area contributed by atoms with Gasteiger partial charge in [0.15, 0.2) is 5.96 Å². The topological polar surface area (TPSA) is 56.7 Å². The van der Waals surface area contributed by atoms with Crippen LogP contribution in [-0.2, 0) is 0 Å². The smallest absolute Gasteiger partial charge is 0.191 e. The molecule has 22 heavy (non-hydrogen) atoms. The number of guanidine groups is 1. The lowest BCUT2D eigenvalue weighted by Gasteiger charge is -2.13. The molecule has 0 saturated heterocycles. The van der Waals surface area contributed by atoms with Gasteiger partial charge in [-0.05, 0) is 44.0 Å². The summed E-state index contributed by atoms with van der Waals surface area (Å²) in [5, 5.41) is 16.7. The van der Waals surface area contributed by atoms with Gasteiger partial charge in [-0.1, -0.05) is 11.6 Å². The van der Waals surface area contributed by atoms with Gasteiger partial charge in [-0.2, -0.15) is 0 Å². The second-order valence-electron chi connectivity index (χ2n) is 5.58. The lowest BCUT2D eigenvalue weighted by atomic mass is 10.1. The Kier molecular flexibility index (Phi) is 6.86. The molecule has 0 unspecified atom stereocenters. The van der Waals surface area contributed by atoms with Crippen molar-refractivity contribution in [1.29, 1.82) is 0 Å². The molecule has 0 aromatic heterocycles. The molecule has 1 aliphatic rings. The third-order valence-corrected chi connectivity index (χ3v) is 4.95. The summed E-state index contributed by atoms with van der Waals surface area (Å²) in [4.78, 5) is 5.80. The summed E-state index contributed by atoms with van der Waals surface area (Å²) in [5.74, 6) is 1.79. The van der Waals surface area contributed by atoms with Gasteiger partial charge >= 0.3 is 0 Å². The molecule has 4 nitrogen and oxygen atoms in total. The van der Waals surface area contributed by atoms with Crippen LogP contribution in [0, 0.1) is 5.41 Å². The minimum absolute atomic E-state index is 0.0560. The van der Waals surface area contributed by atoms with Gasteiger partial charge in [0.1, 0.15) is 0 Å². The summed E-state index contributed by atoms with van der Waals surface area (Å²) in [7, 11) is 0. The van der Waals surface area contributed by atoms with E-state index in [-0.39, 0.29) is 12.0 Å². The van der Waals surface area contributed by atoms with E-state index >= 15 is 0 Å². The molecule has 1 saturated carbocycles. The number of nitrogens with one attached hydrogen (secondary N) is 2. The Morgan fingerprint density at radius 2 is 2.05 bits per heavy atom. The molecule has 0 radical (unpaired) electrons. The lowest BCUT2D eigenvalue weighted by Crippen LogP contribution is -2.39. The number of nitrogens with zero attached hydrogens (tertiary/aromatic N) is 1. The van der Waals surface area contributed by atoms with Crippen molar-refractivity contribution >= 4 is 29.3 Å². The molecule has 122 valence electrons. The van der Waals surface area contributed by atoms with Crippen LogP contribution in [0.3, 0.4) is 0 Å². The van der Waals surface area contributed by atoms with Crippen molar-refractivity contribution in [1.82, 2.24) is 10.6 Å². The highest BCUT2D eigenvalue weighted by molar-refractivity contribution is 7.99. The number of rotatable bonds is 8. The number of aliphatic hydroxyl groups excluding tert-OH is 1. The maximum absolute atomic E-state index is 9.34. The average Bonchev–Trinajstić information content (AvgIpc) is 3.31. The second-order valence-corrected chi connectivity index (χ2v) is 7.19. The monoisotopic (exact) mass is 341 g/mol. The van der Waals surface area contributed by atoms with E-state index in [0.717, 1.165) is 42.7 Å². The van der Waals surface area contributed by atoms with E-state index in [9.17, 15) is 5.11 Å². The van der Waals surface area contributed by atoms with Gasteiger partial charge in [0.25, 0.3) is 0 Å². The zero-order valence-corrected chi connectivity index (χ0v) is 14.5. The number of halogens is 1. The van der Waals surface area contributed by atoms with Crippen LogP contribution in [0.25, 0.3) is 0 Å². The quantitative estimate of drug-likeness (QED) is 0.294. The van der Waals surface area contributed by atoms with E-state index in [2.05, 4.69) is 22.5 Å². The molecule has 3 N–H and O–H groups in total. The van der Waals surface area contributed by atoms with E-state index < -0.39 is 0 Å². The van der Waals surface area contributed by atoms with Crippen LogP contribution in [0.2, 0.25) is 5.02 Å². The minimum Gasteiger partial charge on any atom is -0.396 e. The van der Waals surface area contributed by atoms with Gasteiger partial charge in [-0.3, -0.25) is 4.99 Å². The lowest BCUT2D eigenvalue weighted by molar-refractivity contribution is 0.217. The number of hydrogen-bond acceptors (Lipinski definition) is 3. The summed E-state index contributed by atoms with van der Waals surface area (Å²) >= 11 is 7.66. The van der Waals surface area contributed by atoms with Gasteiger partial charge in [0.2, 0.25) is 0 Å². The molecule has 0 heterocycles. The number of aliphatic imine (C=N–C) groups is 1. The van der Waals surface area contributed by atoms with Crippen LogP contribution in [0.5, 0.6) is 0 Å². The van der Waals surface area contributed by atoms with Crippen LogP contribution in [0.4, 0.5) is 0 Å². The highest BCUT2D eigenvalue weighted by atomic mass is 35.5. The first-order chi connectivity index (χ1) is 10.7. The van der Waals surface area contributed by atoms with E-state index in [1.54, 1.807) is 11.8 Å². The van der Waals surface area contributed by atoms with Crippen molar-refractivity contribution in [3.63, 3.8) is 0 Å². The molecule has 1 aromatic rings. The molecule has 0 aliphatic heterocycles. The second kappa shape index (κ2) is 8.65. The molecule has 0 spiro atoms. The Morgan fingerprint density at radius 3 is 2.64 bits per heavy atom. The van der Waals surface area contributed by atoms with E-state index in [4.69, 9.17) is 11.6 Å². The summed E-state index contributed by atoms with van der Waals surface area (Å²) in [6.07, 6.45) is 2.16. The van der Waals surface area contributed by atoms with E-state index in [0.29, 0.717) is 6.54 Å². The molecule has 0 bridgehead atoms. The maximum atomic E-state index is 9.34. The fourth-order valence-corrected chi connectivity index (χ4v) is 2.89. The fourth-order valence-electron chi connectivity index (χ4n) is 2.00. The number of hydrogen-bond donors (Lipinski definition) is 3. The Labute approximate surface area is 141 Å². The van der Waals surface area contributed by atoms with Crippen LogP contribution in [0.15, 0.2) is 34.2 Å². The van der Waals surface area contributed by atoms with Crippen LogP contribution < -0.4 is 10.6 Å². The largest absolute Gasteiger partial charge is 0.396 e. The minimum atomic E-state index is 0.0560. The van der Waals surface area contributed by atoms with Gasteiger partial charge in [-0.15, -0.1) is 11.8 Å². The van der Waals surface area contributed by atoms with Crippen molar-refractivity contribution < 1.29 is 5.11 Å². The average molecular weight is 342 g/mol. The molecule has 1 aromatic carbocycles. The third kappa shape index (κ3) is 5.71. The van der Waals surface area contributed by atoms with Crippen LogP contribution in [0.1, 0.15) is 19.8 Å². The highest BCUT2D eigenvalue weighted by Gasteiger charge is 2.41. The summed E-state index contributed by atoms with van der Waals surface area (Å²) in [6, 6.07) is 7.88. The predicted molar refractivity (Wildman–Crippen MR) is 94.9 cm³/mol. The van der Waals surface area contributed by atoms with Crippen LogP contribution >= 0.6 is 23.4 Å². The van der Waals surface area contributed by atoms with Crippen molar-refractivity contribution in [3.05, 3.63) is 29.3 Å². The van der Waals surface area contributed by atoms with Gasteiger partial charge in [0.05, 0.1) is 13.2 Å². The van der Waals surface area contributed by atoms with E-state index in [1.807, 2.05) is 24.3 Å². The first-order valence-electron chi connectivity index (χ1n) is 7.69. The van der Waals surface area contributed by atoms with Gasteiger partial charge < -0.3 is 15.7 Å². The normalized spacial score (nSPS) is 16.4. The molecule has 1 aliphatic carbocycles. The molecule has 0 amide bonds.